The molecule has 0 bridgehead atoms. The van der Waals surface area contributed by atoms with Gasteiger partial charge < -0.3 is 14.4 Å². The highest BCUT2D eigenvalue weighted by molar-refractivity contribution is 7.14. The number of esters is 1. The Morgan fingerprint density at radius 3 is 2.76 bits per heavy atom. The zero-order chi connectivity index (χ0) is 24.2. The molecule has 4 rings (SSSR count). The highest BCUT2D eigenvalue weighted by atomic mass is 35.5. The summed E-state index contributed by atoms with van der Waals surface area (Å²) < 4.78 is 10.8. The maximum atomic E-state index is 12.7. The molecule has 3 aromatic rings. The molecule has 34 heavy (non-hydrogen) atoms. The van der Waals surface area contributed by atoms with Crippen LogP contribution in [0, 0.1) is 5.92 Å². The molecule has 8 nitrogen and oxygen atoms in total. The quantitative estimate of drug-likeness (QED) is 0.442. The molecule has 0 spiro atoms. The van der Waals surface area contributed by atoms with Gasteiger partial charge in [0.05, 0.1) is 30.1 Å². The zero-order valence-corrected chi connectivity index (χ0v) is 20.1. The number of para-hydroxylation sites is 2. The molecule has 1 aliphatic heterocycles. The molecular formula is C24H22ClN3O5S. The fraction of sp³-hybridized carbons (Fsp3) is 0.250. The van der Waals surface area contributed by atoms with Crippen molar-refractivity contribution in [2.24, 2.45) is 5.92 Å². The van der Waals surface area contributed by atoms with Crippen molar-refractivity contribution in [2.45, 2.75) is 20.0 Å². The van der Waals surface area contributed by atoms with Crippen LogP contribution < -0.4 is 14.5 Å². The molecule has 2 heterocycles. The van der Waals surface area contributed by atoms with E-state index in [-0.39, 0.29) is 31.4 Å². The van der Waals surface area contributed by atoms with Gasteiger partial charge in [0.2, 0.25) is 11.8 Å². The number of ether oxygens (including phenoxy) is 2. The van der Waals surface area contributed by atoms with Gasteiger partial charge in [-0.1, -0.05) is 29.8 Å². The first kappa shape index (κ1) is 23.7. The third kappa shape index (κ3) is 5.05. The standard InChI is InChI=1S/C24H22ClN3O5S/c1-15(29)28(19-7-5-6-17(25)11-19)24-26-18(14-34-24)13-33-23(31)16-10-22(30)27(12-16)20-8-3-4-9-21(20)32-2/h3-9,11,14,16H,10,12-13H2,1-2H3/t16-/m1/s1. The summed E-state index contributed by atoms with van der Waals surface area (Å²) in [6, 6.07) is 14.1. The smallest absolute Gasteiger partial charge is 0.311 e. The van der Waals surface area contributed by atoms with Crippen molar-refractivity contribution in [3.8, 4) is 5.75 Å². The summed E-state index contributed by atoms with van der Waals surface area (Å²) in [7, 11) is 1.53. The fourth-order valence-corrected chi connectivity index (χ4v) is 4.78. The van der Waals surface area contributed by atoms with Crippen molar-refractivity contribution in [1.29, 1.82) is 0 Å². The minimum Gasteiger partial charge on any atom is -0.495 e. The van der Waals surface area contributed by atoms with Crippen LogP contribution in [0.2, 0.25) is 5.02 Å². The van der Waals surface area contributed by atoms with Crippen molar-refractivity contribution in [3.63, 3.8) is 0 Å². The second-order valence-corrected chi connectivity index (χ2v) is 8.91. The minimum atomic E-state index is -0.587. The Morgan fingerprint density at radius 1 is 1.24 bits per heavy atom. The van der Waals surface area contributed by atoms with Gasteiger partial charge in [0, 0.05) is 30.3 Å². The molecule has 10 heteroatoms. The van der Waals surface area contributed by atoms with E-state index in [1.807, 2.05) is 12.1 Å². The van der Waals surface area contributed by atoms with Crippen LogP contribution in [0.3, 0.4) is 0 Å². The average Bonchev–Trinajstić information content (AvgIpc) is 3.44. The number of rotatable bonds is 7. The first-order valence-corrected chi connectivity index (χ1v) is 11.7. The van der Waals surface area contributed by atoms with Crippen molar-refractivity contribution >= 4 is 57.2 Å². The van der Waals surface area contributed by atoms with Crippen LogP contribution in [-0.2, 0) is 25.7 Å². The third-order valence-electron chi connectivity index (χ3n) is 5.31. The van der Waals surface area contributed by atoms with Crippen LogP contribution in [0.1, 0.15) is 19.0 Å². The van der Waals surface area contributed by atoms with Gasteiger partial charge in [-0.05, 0) is 30.3 Å². The van der Waals surface area contributed by atoms with Gasteiger partial charge in [-0.25, -0.2) is 4.98 Å². The van der Waals surface area contributed by atoms with E-state index in [4.69, 9.17) is 21.1 Å². The molecule has 0 radical (unpaired) electrons. The van der Waals surface area contributed by atoms with Gasteiger partial charge in [0.25, 0.3) is 0 Å². The van der Waals surface area contributed by atoms with E-state index in [0.29, 0.717) is 33.0 Å². The fourth-order valence-electron chi connectivity index (χ4n) is 3.72. The average molecular weight is 500 g/mol. The Bertz CT molecular complexity index is 1230. The number of anilines is 3. The van der Waals surface area contributed by atoms with E-state index in [9.17, 15) is 14.4 Å². The molecule has 2 amide bonds. The Morgan fingerprint density at radius 2 is 2.03 bits per heavy atom. The molecule has 1 atom stereocenters. The number of benzene rings is 2. The first-order valence-electron chi connectivity index (χ1n) is 10.5. The molecule has 1 aromatic heterocycles. The first-order chi connectivity index (χ1) is 16.4. The number of nitrogens with zero attached hydrogens (tertiary/aromatic N) is 3. The summed E-state index contributed by atoms with van der Waals surface area (Å²) in [5.74, 6) is -0.883. The molecule has 1 fully saturated rings. The van der Waals surface area contributed by atoms with Crippen molar-refractivity contribution in [1.82, 2.24) is 4.98 Å². The molecule has 0 N–H and O–H groups in total. The van der Waals surface area contributed by atoms with Crippen LogP contribution in [0.4, 0.5) is 16.5 Å². The largest absolute Gasteiger partial charge is 0.495 e. The lowest BCUT2D eigenvalue weighted by Crippen LogP contribution is -2.26. The summed E-state index contributed by atoms with van der Waals surface area (Å²) in [4.78, 5) is 44.9. The number of halogens is 1. The molecule has 1 saturated heterocycles. The number of hydrogen-bond acceptors (Lipinski definition) is 7. The number of aromatic nitrogens is 1. The van der Waals surface area contributed by atoms with E-state index in [1.165, 1.54) is 30.3 Å². The van der Waals surface area contributed by atoms with Gasteiger partial charge in [-0.2, -0.15) is 0 Å². The number of amides is 2. The number of methoxy groups -OCH3 is 1. The van der Waals surface area contributed by atoms with Gasteiger partial charge in [-0.15, -0.1) is 11.3 Å². The van der Waals surface area contributed by atoms with Crippen molar-refractivity contribution < 1.29 is 23.9 Å². The van der Waals surface area contributed by atoms with Gasteiger partial charge >= 0.3 is 5.97 Å². The number of thiazole rings is 1. The number of hydrogen-bond donors (Lipinski definition) is 0. The molecule has 176 valence electrons. The summed E-state index contributed by atoms with van der Waals surface area (Å²) in [6.07, 6.45) is 0.0616. The van der Waals surface area contributed by atoms with Gasteiger partial charge in [0.1, 0.15) is 12.4 Å². The summed E-state index contributed by atoms with van der Waals surface area (Å²) >= 11 is 7.32. The van der Waals surface area contributed by atoms with Crippen molar-refractivity contribution in [3.05, 3.63) is 64.6 Å². The lowest BCUT2D eigenvalue weighted by Gasteiger charge is -2.19. The Labute approximate surface area is 205 Å². The Balaban J connectivity index is 1.40. The number of carbonyl (C=O) groups is 3. The van der Waals surface area contributed by atoms with E-state index in [2.05, 4.69) is 4.98 Å². The van der Waals surface area contributed by atoms with Gasteiger partial charge in [-0.3, -0.25) is 19.3 Å². The van der Waals surface area contributed by atoms with Crippen LogP contribution in [-0.4, -0.2) is 36.4 Å². The SMILES string of the molecule is COc1ccccc1N1C[C@H](C(=O)OCc2csc(N(C(C)=O)c3cccc(Cl)c3)n2)CC1=O. The predicted molar refractivity (Wildman–Crippen MR) is 130 cm³/mol. The van der Waals surface area contributed by atoms with Gasteiger partial charge in [0.15, 0.2) is 5.13 Å². The topological polar surface area (TPSA) is 89.0 Å². The van der Waals surface area contributed by atoms with Crippen LogP contribution >= 0.6 is 22.9 Å². The second kappa shape index (κ2) is 10.2. The predicted octanol–water partition coefficient (Wildman–Crippen LogP) is 4.59. The van der Waals surface area contributed by atoms with Crippen LogP contribution in [0.5, 0.6) is 5.75 Å². The second-order valence-electron chi connectivity index (χ2n) is 7.64. The minimum absolute atomic E-state index is 0.0596. The van der Waals surface area contributed by atoms with E-state index in [1.54, 1.807) is 46.7 Å². The lowest BCUT2D eigenvalue weighted by molar-refractivity contribution is -0.149. The summed E-state index contributed by atoms with van der Waals surface area (Å²) in [5, 5.41) is 2.67. The molecule has 1 aliphatic rings. The normalized spacial score (nSPS) is 15.3. The molecule has 0 saturated carbocycles. The van der Waals surface area contributed by atoms with Crippen LogP contribution in [0.25, 0.3) is 0 Å². The van der Waals surface area contributed by atoms with Crippen molar-refractivity contribution in [2.75, 3.05) is 23.5 Å². The van der Waals surface area contributed by atoms with E-state index >= 15 is 0 Å². The Kier molecular flexibility index (Phi) is 7.14. The highest BCUT2D eigenvalue weighted by Gasteiger charge is 2.37. The molecule has 0 unspecified atom stereocenters. The zero-order valence-electron chi connectivity index (χ0n) is 18.6. The maximum absolute atomic E-state index is 12.7. The lowest BCUT2D eigenvalue weighted by atomic mass is 10.1. The Hall–Kier alpha value is -3.43. The maximum Gasteiger partial charge on any atom is 0.311 e. The molecular weight excluding hydrogens is 478 g/mol. The highest BCUT2D eigenvalue weighted by Crippen LogP contribution is 2.34. The third-order valence-corrected chi connectivity index (χ3v) is 6.42. The van der Waals surface area contributed by atoms with E-state index in [0.717, 1.165) is 0 Å². The molecule has 0 aliphatic carbocycles. The summed E-state index contributed by atoms with van der Waals surface area (Å²) in [6.45, 7) is 1.59. The molecule has 2 aromatic carbocycles. The number of carbonyl (C=O) groups excluding carboxylic acids is 3. The summed E-state index contributed by atoms with van der Waals surface area (Å²) in [5.41, 5.74) is 1.73. The monoisotopic (exact) mass is 499 g/mol. The van der Waals surface area contributed by atoms with E-state index < -0.39 is 11.9 Å². The van der Waals surface area contributed by atoms with Crippen LogP contribution in [0.15, 0.2) is 53.9 Å².